The van der Waals surface area contributed by atoms with Crippen molar-refractivity contribution in [2.75, 3.05) is 10.6 Å². The molecule has 0 amide bonds. The smallest absolute Gasteiger partial charge is 0.158 e. The number of aromatic hydroxyl groups is 2. The van der Waals surface area contributed by atoms with E-state index in [1.165, 1.54) is 0 Å². The SMILES string of the molecule is CC(C)(C)c1cc(Nc2cc(Nc3cc(C(C)(C)C)c(O)c(C(C)(C)C)c3)nnn2)cc(C(C)(C)C)c1O. The lowest BCUT2D eigenvalue weighted by atomic mass is 9.79. The summed E-state index contributed by atoms with van der Waals surface area (Å²) in [6, 6.07) is 9.65. The van der Waals surface area contributed by atoms with Gasteiger partial charge < -0.3 is 20.8 Å². The van der Waals surface area contributed by atoms with Gasteiger partial charge >= 0.3 is 0 Å². The number of nitrogens with zero attached hydrogens (tertiary/aromatic N) is 3. The van der Waals surface area contributed by atoms with Gasteiger partial charge in [0.15, 0.2) is 11.6 Å². The van der Waals surface area contributed by atoms with Crippen LogP contribution in [-0.4, -0.2) is 25.6 Å². The van der Waals surface area contributed by atoms with Crippen molar-refractivity contribution in [3.05, 3.63) is 52.6 Å². The summed E-state index contributed by atoms with van der Waals surface area (Å²) in [5.74, 6) is 1.71. The van der Waals surface area contributed by atoms with Crippen molar-refractivity contribution in [1.29, 1.82) is 0 Å². The third kappa shape index (κ3) is 6.55. The van der Waals surface area contributed by atoms with E-state index in [1.54, 1.807) is 6.07 Å². The van der Waals surface area contributed by atoms with Crippen LogP contribution in [0.2, 0.25) is 0 Å². The van der Waals surface area contributed by atoms with Crippen LogP contribution in [0.3, 0.4) is 0 Å². The predicted octanol–water partition coefficient (Wildman–Crippen LogP) is 7.96. The highest BCUT2D eigenvalue weighted by Crippen LogP contribution is 2.43. The van der Waals surface area contributed by atoms with Gasteiger partial charge in [0.05, 0.1) is 0 Å². The molecule has 0 radical (unpaired) electrons. The number of benzene rings is 2. The minimum Gasteiger partial charge on any atom is -0.507 e. The zero-order valence-corrected chi connectivity index (χ0v) is 25.1. The maximum Gasteiger partial charge on any atom is 0.158 e. The van der Waals surface area contributed by atoms with Gasteiger partial charge in [-0.25, -0.2) is 0 Å². The minimum atomic E-state index is -0.243. The van der Waals surface area contributed by atoms with E-state index in [9.17, 15) is 10.2 Å². The Hall–Kier alpha value is -3.35. The van der Waals surface area contributed by atoms with E-state index in [0.29, 0.717) is 23.1 Å². The van der Waals surface area contributed by atoms with Crippen LogP contribution in [0.5, 0.6) is 11.5 Å². The Kier molecular flexibility index (Phi) is 7.50. The molecule has 0 aliphatic rings. The van der Waals surface area contributed by atoms with Gasteiger partial charge in [0.25, 0.3) is 0 Å². The summed E-state index contributed by atoms with van der Waals surface area (Å²) in [5, 5.41) is 41.2. The molecule has 7 heteroatoms. The summed E-state index contributed by atoms with van der Waals surface area (Å²) in [5.41, 5.74) is 4.11. The Labute approximate surface area is 228 Å². The fourth-order valence-corrected chi connectivity index (χ4v) is 4.42. The number of nitrogens with one attached hydrogen (secondary N) is 2. The molecule has 4 N–H and O–H groups in total. The highest BCUT2D eigenvalue weighted by atomic mass is 16.3. The Morgan fingerprint density at radius 1 is 0.474 bits per heavy atom. The number of hydrogen-bond donors (Lipinski definition) is 4. The molecular formula is C31H45N5O2. The summed E-state index contributed by atoms with van der Waals surface area (Å²) in [6.07, 6.45) is 0. The Bertz CT molecular complexity index is 1150. The number of anilines is 4. The van der Waals surface area contributed by atoms with E-state index in [1.807, 2.05) is 24.3 Å². The number of rotatable bonds is 4. The van der Waals surface area contributed by atoms with E-state index >= 15 is 0 Å². The lowest BCUT2D eigenvalue weighted by molar-refractivity contribution is 0.422. The molecule has 206 valence electrons. The molecule has 1 heterocycles. The van der Waals surface area contributed by atoms with Crippen molar-refractivity contribution in [2.45, 2.75) is 105 Å². The van der Waals surface area contributed by atoms with Gasteiger partial charge in [0, 0.05) is 39.7 Å². The highest BCUT2D eigenvalue weighted by molar-refractivity contribution is 5.68. The molecule has 7 nitrogen and oxygen atoms in total. The summed E-state index contributed by atoms with van der Waals surface area (Å²) < 4.78 is 0. The Morgan fingerprint density at radius 2 is 0.737 bits per heavy atom. The molecule has 3 rings (SSSR count). The maximum atomic E-state index is 11.0. The largest absolute Gasteiger partial charge is 0.507 e. The van der Waals surface area contributed by atoms with Gasteiger partial charge in [-0.1, -0.05) is 83.1 Å². The van der Waals surface area contributed by atoms with Crippen molar-refractivity contribution in [3.8, 4) is 11.5 Å². The monoisotopic (exact) mass is 519 g/mol. The molecule has 3 aromatic rings. The fraction of sp³-hybridized carbons (Fsp3) is 0.516. The first-order valence-electron chi connectivity index (χ1n) is 13.2. The molecule has 0 bridgehead atoms. The fourth-order valence-electron chi connectivity index (χ4n) is 4.42. The van der Waals surface area contributed by atoms with Crippen LogP contribution >= 0.6 is 0 Å². The second-order valence-electron chi connectivity index (χ2n) is 14.3. The molecule has 0 aliphatic carbocycles. The van der Waals surface area contributed by atoms with Crippen molar-refractivity contribution in [3.63, 3.8) is 0 Å². The average molecular weight is 520 g/mol. The van der Waals surface area contributed by atoms with E-state index in [2.05, 4.69) is 109 Å². The van der Waals surface area contributed by atoms with Crippen molar-refractivity contribution >= 4 is 23.0 Å². The second-order valence-corrected chi connectivity index (χ2v) is 14.3. The first-order chi connectivity index (χ1) is 17.2. The topological polar surface area (TPSA) is 103 Å². The van der Waals surface area contributed by atoms with Gasteiger partial charge in [0.1, 0.15) is 11.5 Å². The number of aromatic nitrogens is 3. The van der Waals surface area contributed by atoms with Crippen LogP contribution in [0.25, 0.3) is 0 Å². The molecule has 38 heavy (non-hydrogen) atoms. The van der Waals surface area contributed by atoms with E-state index in [0.717, 1.165) is 33.6 Å². The quantitative estimate of drug-likeness (QED) is 0.259. The van der Waals surface area contributed by atoms with Crippen molar-refractivity contribution in [2.24, 2.45) is 0 Å². The third-order valence-electron chi connectivity index (χ3n) is 6.58. The van der Waals surface area contributed by atoms with Gasteiger partial charge in [-0.3, -0.25) is 0 Å². The second kappa shape index (κ2) is 9.75. The Morgan fingerprint density at radius 3 is 0.974 bits per heavy atom. The zero-order valence-electron chi connectivity index (χ0n) is 25.1. The number of hydrogen-bond acceptors (Lipinski definition) is 7. The van der Waals surface area contributed by atoms with Gasteiger partial charge in [-0.2, -0.15) is 0 Å². The lowest BCUT2D eigenvalue weighted by Crippen LogP contribution is -2.18. The Balaban J connectivity index is 2.01. The molecule has 2 aromatic carbocycles. The highest BCUT2D eigenvalue weighted by Gasteiger charge is 2.28. The van der Waals surface area contributed by atoms with E-state index in [-0.39, 0.29) is 21.7 Å². The zero-order chi connectivity index (χ0) is 28.8. The molecule has 0 spiro atoms. The van der Waals surface area contributed by atoms with Gasteiger partial charge in [-0.05, 0) is 51.1 Å². The average Bonchev–Trinajstić information content (AvgIpc) is 2.73. The lowest BCUT2D eigenvalue weighted by Gasteiger charge is -2.28. The van der Waals surface area contributed by atoms with Crippen LogP contribution in [0, 0.1) is 0 Å². The van der Waals surface area contributed by atoms with Crippen molar-refractivity contribution in [1.82, 2.24) is 15.4 Å². The molecule has 0 fully saturated rings. The number of phenolic OH excluding ortho intramolecular Hbond substituents is 2. The molecule has 0 saturated carbocycles. The van der Waals surface area contributed by atoms with Crippen LogP contribution in [0.4, 0.5) is 23.0 Å². The van der Waals surface area contributed by atoms with Crippen LogP contribution in [0.15, 0.2) is 30.3 Å². The van der Waals surface area contributed by atoms with Crippen molar-refractivity contribution < 1.29 is 10.2 Å². The molecule has 0 unspecified atom stereocenters. The maximum absolute atomic E-state index is 11.0. The molecular weight excluding hydrogens is 474 g/mol. The van der Waals surface area contributed by atoms with Crippen LogP contribution in [-0.2, 0) is 21.7 Å². The third-order valence-corrected chi connectivity index (χ3v) is 6.58. The van der Waals surface area contributed by atoms with Crippen LogP contribution in [0.1, 0.15) is 105 Å². The first-order valence-corrected chi connectivity index (χ1v) is 13.2. The first kappa shape index (κ1) is 29.2. The predicted molar refractivity (Wildman–Crippen MR) is 157 cm³/mol. The van der Waals surface area contributed by atoms with E-state index in [4.69, 9.17) is 0 Å². The van der Waals surface area contributed by atoms with Gasteiger partial charge in [-0.15, -0.1) is 10.2 Å². The number of phenols is 2. The molecule has 1 aromatic heterocycles. The summed E-state index contributed by atoms with van der Waals surface area (Å²) in [7, 11) is 0. The minimum absolute atomic E-state index is 0.243. The van der Waals surface area contributed by atoms with Gasteiger partial charge in [0.2, 0.25) is 0 Å². The molecule has 0 aliphatic heterocycles. The standard InChI is InChI=1S/C31H45N5O2/c1-28(2,3)20-13-18(14-21(26(20)37)29(4,5)6)32-24-17-25(35-36-34-24)33-19-15-22(30(7,8)9)27(38)23(16-19)31(10,11)12/h13-17,37-38H,1-12H3,(H2,32,33,34,35). The summed E-state index contributed by atoms with van der Waals surface area (Å²) >= 11 is 0. The molecule has 0 atom stereocenters. The summed E-state index contributed by atoms with van der Waals surface area (Å²) in [6.45, 7) is 25.0. The van der Waals surface area contributed by atoms with Crippen LogP contribution < -0.4 is 10.6 Å². The summed E-state index contributed by atoms with van der Waals surface area (Å²) in [4.78, 5) is 0. The van der Waals surface area contributed by atoms with E-state index < -0.39 is 0 Å². The normalized spacial score (nSPS) is 12.9. The molecule has 0 saturated heterocycles.